The van der Waals surface area contributed by atoms with Crippen molar-refractivity contribution in [1.82, 2.24) is 19.9 Å². The third-order valence-corrected chi connectivity index (χ3v) is 5.41. The molecule has 1 aromatic carbocycles. The first kappa shape index (κ1) is 20.0. The van der Waals surface area contributed by atoms with Crippen LogP contribution in [-0.4, -0.2) is 59.1 Å². The van der Waals surface area contributed by atoms with Crippen molar-refractivity contribution in [3.8, 4) is 6.07 Å². The summed E-state index contributed by atoms with van der Waals surface area (Å²) in [6.45, 7) is 7.22. The first-order chi connectivity index (χ1) is 14.7. The van der Waals surface area contributed by atoms with E-state index < -0.39 is 0 Å². The Morgan fingerprint density at radius 3 is 2.63 bits per heavy atom. The van der Waals surface area contributed by atoms with E-state index in [-0.39, 0.29) is 5.82 Å². The van der Waals surface area contributed by atoms with E-state index in [0.29, 0.717) is 23.2 Å². The minimum Gasteiger partial charge on any atom is -0.383 e. The van der Waals surface area contributed by atoms with Crippen molar-refractivity contribution in [3.05, 3.63) is 53.7 Å². The van der Waals surface area contributed by atoms with Gasteiger partial charge in [-0.25, -0.2) is 14.4 Å². The van der Waals surface area contributed by atoms with Crippen LogP contribution in [0.1, 0.15) is 17.5 Å². The van der Waals surface area contributed by atoms with E-state index in [1.165, 1.54) is 12.1 Å². The molecule has 7 nitrogen and oxygen atoms in total. The van der Waals surface area contributed by atoms with Crippen molar-refractivity contribution in [2.45, 2.75) is 13.3 Å². The highest BCUT2D eigenvalue weighted by Gasteiger charge is 2.18. The first-order valence-electron chi connectivity index (χ1n) is 10.1. The molecule has 154 valence electrons. The van der Waals surface area contributed by atoms with Gasteiger partial charge in [0.15, 0.2) is 0 Å². The number of hydrogen-bond donors (Lipinski definition) is 1. The van der Waals surface area contributed by atoms with Gasteiger partial charge in [-0.3, -0.25) is 9.88 Å². The number of halogens is 1. The molecular weight excluding hydrogens is 381 g/mol. The van der Waals surface area contributed by atoms with Crippen LogP contribution >= 0.6 is 0 Å². The lowest BCUT2D eigenvalue weighted by atomic mass is 10.1. The number of pyridine rings is 1. The summed E-state index contributed by atoms with van der Waals surface area (Å²) in [4.78, 5) is 17.6. The molecule has 0 spiro atoms. The Bertz CT molecular complexity index is 1060. The van der Waals surface area contributed by atoms with Crippen LogP contribution in [0.4, 0.5) is 16.0 Å². The van der Waals surface area contributed by atoms with Gasteiger partial charge in [-0.15, -0.1) is 0 Å². The second kappa shape index (κ2) is 9.01. The summed E-state index contributed by atoms with van der Waals surface area (Å²) in [6.07, 6.45) is 6.02. The van der Waals surface area contributed by atoms with Gasteiger partial charge >= 0.3 is 0 Å². The molecule has 1 N–H and O–H groups in total. The fourth-order valence-corrected chi connectivity index (χ4v) is 3.85. The van der Waals surface area contributed by atoms with Crippen LogP contribution in [0.5, 0.6) is 0 Å². The van der Waals surface area contributed by atoms with Gasteiger partial charge in [0.2, 0.25) is 5.95 Å². The quantitative estimate of drug-likeness (QED) is 0.632. The maximum absolute atomic E-state index is 13.9. The Morgan fingerprint density at radius 2 is 1.90 bits per heavy atom. The Morgan fingerprint density at radius 1 is 1.13 bits per heavy atom. The number of hydrogen-bond acceptors (Lipinski definition) is 7. The van der Waals surface area contributed by atoms with Crippen LogP contribution < -0.4 is 10.2 Å². The molecule has 3 aromatic rings. The van der Waals surface area contributed by atoms with Crippen LogP contribution in [0, 0.1) is 24.1 Å². The summed E-state index contributed by atoms with van der Waals surface area (Å²) in [5.74, 6) is 0.468. The number of benzene rings is 1. The molecule has 8 heteroatoms. The number of rotatable bonds is 6. The highest BCUT2D eigenvalue weighted by molar-refractivity contribution is 5.95. The molecule has 4 rings (SSSR count). The normalized spacial score (nSPS) is 14.6. The molecule has 1 aliphatic heterocycles. The smallest absolute Gasteiger partial charge is 0.225 e. The van der Waals surface area contributed by atoms with Crippen LogP contribution in [-0.2, 0) is 0 Å². The summed E-state index contributed by atoms with van der Waals surface area (Å²) in [7, 11) is 0. The van der Waals surface area contributed by atoms with Crippen molar-refractivity contribution in [3.63, 3.8) is 0 Å². The molecule has 1 fully saturated rings. The van der Waals surface area contributed by atoms with E-state index in [1.807, 2.05) is 13.0 Å². The molecule has 0 radical (unpaired) electrons. The summed E-state index contributed by atoms with van der Waals surface area (Å²) in [5.41, 5.74) is 2.58. The van der Waals surface area contributed by atoms with E-state index in [4.69, 9.17) is 0 Å². The van der Waals surface area contributed by atoms with Gasteiger partial charge in [0.05, 0.1) is 16.8 Å². The molecule has 30 heavy (non-hydrogen) atoms. The second-order valence-corrected chi connectivity index (χ2v) is 7.44. The summed E-state index contributed by atoms with van der Waals surface area (Å²) in [6, 6.07) is 6.90. The zero-order chi connectivity index (χ0) is 20.9. The Kier molecular flexibility index (Phi) is 6.00. The number of aryl methyl sites for hydroxylation is 1. The highest BCUT2D eigenvalue weighted by atomic mass is 19.1. The zero-order valence-electron chi connectivity index (χ0n) is 17.0. The van der Waals surface area contributed by atoms with Crippen LogP contribution in [0.25, 0.3) is 10.9 Å². The largest absolute Gasteiger partial charge is 0.383 e. The number of anilines is 2. The predicted octanol–water partition coefficient (Wildman–Crippen LogP) is 2.97. The number of nitrogens with one attached hydrogen (secondary N) is 1. The Hall–Kier alpha value is -3.31. The molecular formula is C22H24FN7. The maximum atomic E-state index is 13.9. The van der Waals surface area contributed by atoms with Crippen LogP contribution in [0.2, 0.25) is 0 Å². The predicted molar refractivity (Wildman–Crippen MR) is 115 cm³/mol. The molecule has 0 aliphatic carbocycles. The van der Waals surface area contributed by atoms with Crippen molar-refractivity contribution < 1.29 is 4.39 Å². The average molecular weight is 405 g/mol. The zero-order valence-corrected chi connectivity index (χ0v) is 17.0. The van der Waals surface area contributed by atoms with Gasteiger partial charge in [0.1, 0.15) is 11.9 Å². The molecule has 1 aliphatic rings. The van der Waals surface area contributed by atoms with E-state index in [2.05, 4.69) is 36.1 Å². The number of piperazine rings is 1. The van der Waals surface area contributed by atoms with Crippen molar-refractivity contribution >= 4 is 22.5 Å². The van der Waals surface area contributed by atoms with Gasteiger partial charge < -0.3 is 10.2 Å². The lowest BCUT2D eigenvalue weighted by Crippen LogP contribution is -2.47. The summed E-state index contributed by atoms with van der Waals surface area (Å²) >= 11 is 0. The third kappa shape index (κ3) is 4.31. The summed E-state index contributed by atoms with van der Waals surface area (Å²) in [5, 5.41) is 13.5. The number of aromatic nitrogens is 3. The van der Waals surface area contributed by atoms with Crippen molar-refractivity contribution in [2.75, 3.05) is 49.5 Å². The van der Waals surface area contributed by atoms with Gasteiger partial charge in [0.25, 0.3) is 0 Å². The van der Waals surface area contributed by atoms with Crippen LogP contribution in [0.15, 0.2) is 36.8 Å². The monoisotopic (exact) mass is 405 g/mol. The van der Waals surface area contributed by atoms with Crippen molar-refractivity contribution in [1.29, 1.82) is 5.26 Å². The summed E-state index contributed by atoms with van der Waals surface area (Å²) < 4.78 is 13.9. The average Bonchev–Trinajstić information content (AvgIpc) is 2.77. The minimum atomic E-state index is -0.319. The molecule has 0 saturated carbocycles. The van der Waals surface area contributed by atoms with Gasteiger partial charge in [-0.2, -0.15) is 5.26 Å². The fourth-order valence-electron chi connectivity index (χ4n) is 3.85. The highest BCUT2D eigenvalue weighted by Crippen LogP contribution is 2.28. The maximum Gasteiger partial charge on any atom is 0.225 e. The molecule has 0 amide bonds. The Labute approximate surface area is 175 Å². The second-order valence-electron chi connectivity index (χ2n) is 7.44. The van der Waals surface area contributed by atoms with Gasteiger partial charge in [-0.1, -0.05) is 0 Å². The fraction of sp³-hybridized carbons (Fsp3) is 0.364. The molecule has 0 atom stereocenters. The van der Waals surface area contributed by atoms with Crippen LogP contribution in [0.3, 0.4) is 0 Å². The number of nitrogens with zero attached hydrogens (tertiary/aromatic N) is 6. The topological polar surface area (TPSA) is 81.0 Å². The third-order valence-electron chi connectivity index (χ3n) is 5.41. The lowest BCUT2D eigenvalue weighted by molar-refractivity contribution is 0.256. The Balaban J connectivity index is 1.33. The van der Waals surface area contributed by atoms with E-state index in [0.717, 1.165) is 56.2 Å². The van der Waals surface area contributed by atoms with Gasteiger partial charge in [-0.05, 0) is 43.7 Å². The van der Waals surface area contributed by atoms with Gasteiger partial charge in [0, 0.05) is 56.7 Å². The molecule has 1 saturated heterocycles. The number of fused-ring (bicyclic) bond motifs is 1. The standard InChI is InChI=1S/C22H24FN7/c1-16-12-18(23)13-19-20(16)28-15-17(14-24)21(19)25-6-3-7-29-8-10-30(11-9-29)22-26-4-2-5-27-22/h2,4-5,12-13,15H,3,6-11H2,1H3,(H,25,28). The SMILES string of the molecule is Cc1cc(F)cc2c(NCCCN3CCN(c4ncccn4)CC3)c(C#N)cnc12. The molecule has 0 unspecified atom stereocenters. The lowest BCUT2D eigenvalue weighted by Gasteiger charge is -2.34. The minimum absolute atomic E-state index is 0.319. The first-order valence-corrected chi connectivity index (χ1v) is 10.1. The molecule has 0 bridgehead atoms. The van der Waals surface area contributed by atoms with E-state index in [1.54, 1.807) is 18.6 Å². The van der Waals surface area contributed by atoms with Crippen molar-refractivity contribution in [2.24, 2.45) is 0 Å². The number of nitriles is 1. The van der Waals surface area contributed by atoms with E-state index in [9.17, 15) is 9.65 Å². The molecule has 3 heterocycles. The molecule has 2 aromatic heterocycles. The van der Waals surface area contributed by atoms with E-state index >= 15 is 0 Å².